The molecule has 5 N–H and O–H groups in total. The second-order valence-corrected chi connectivity index (χ2v) is 9.02. The van der Waals surface area contributed by atoms with Crippen molar-refractivity contribution in [1.29, 1.82) is 0 Å². The van der Waals surface area contributed by atoms with Crippen LogP contribution in [0.25, 0.3) is 0 Å². The molecular formula is C18H21BN6O6P+. The first-order valence-electron chi connectivity index (χ1n) is 9.85. The maximum absolute atomic E-state index is 13.1. The number of esters is 1. The van der Waals surface area contributed by atoms with Gasteiger partial charge in [-0.05, 0) is 12.1 Å². The summed E-state index contributed by atoms with van der Waals surface area (Å²) in [6.07, 6.45) is -1.87. The van der Waals surface area contributed by atoms with Crippen LogP contribution in [0.15, 0.2) is 30.6 Å². The van der Waals surface area contributed by atoms with Crippen LogP contribution in [0.5, 0.6) is 0 Å². The van der Waals surface area contributed by atoms with E-state index in [0.29, 0.717) is 22.8 Å². The van der Waals surface area contributed by atoms with Gasteiger partial charge < -0.3 is 30.7 Å². The lowest BCUT2D eigenvalue weighted by molar-refractivity contribution is -0.0450. The van der Waals surface area contributed by atoms with Crippen LogP contribution in [-0.4, -0.2) is 73.3 Å². The predicted molar refractivity (Wildman–Crippen MR) is 117 cm³/mol. The summed E-state index contributed by atoms with van der Waals surface area (Å²) in [6.45, 7) is 0.273. The average Bonchev–Trinajstić information content (AvgIpc) is 3.35. The molecule has 0 saturated carbocycles. The number of para-hydroxylation sites is 1. The van der Waals surface area contributed by atoms with E-state index in [0.717, 1.165) is 0 Å². The molecule has 5 atom stereocenters. The molecule has 0 bridgehead atoms. The zero-order chi connectivity index (χ0) is 22.5. The van der Waals surface area contributed by atoms with Gasteiger partial charge in [-0.2, -0.15) is 9.05 Å². The lowest BCUT2D eigenvalue weighted by Crippen LogP contribution is -2.48. The first kappa shape index (κ1) is 21.2. The second-order valence-electron chi connectivity index (χ2n) is 7.42. The van der Waals surface area contributed by atoms with Gasteiger partial charge in [0.2, 0.25) is 0 Å². The third kappa shape index (κ3) is 3.61. The van der Waals surface area contributed by atoms with E-state index < -0.39 is 38.3 Å². The molecule has 2 radical (unpaired) electrons. The van der Waals surface area contributed by atoms with Gasteiger partial charge in [-0.25, -0.2) is 19.7 Å². The molecule has 166 valence electrons. The molecule has 3 aliphatic rings. The fraction of sp³-hybridized carbons (Fsp3) is 0.389. The Bertz CT molecular complexity index is 1050. The van der Waals surface area contributed by atoms with Gasteiger partial charge in [-0.15, -0.1) is 0 Å². The van der Waals surface area contributed by atoms with Crippen LogP contribution in [-0.2, 0) is 18.5 Å². The summed E-state index contributed by atoms with van der Waals surface area (Å²) < 4.78 is 22.9. The number of carbonyl (C=O) groups excluding carboxylic acids is 1. The van der Waals surface area contributed by atoms with Crippen LogP contribution < -0.4 is 21.3 Å². The first-order valence-corrected chi connectivity index (χ1v) is 11.5. The number of carbonyl (C=O) groups is 1. The van der Waals surface area contributed by atoms with Gasteiger partial charge in [-0.3, -0.25) is 0 Å². The maximum atomic E-state index is 13.1. The van der Waals surface area contributed by atoms with Crippen molar-refractivity contribution in [2.24, 2.45) is 0 Å². The van der Waals surface area contributed by atoms with Gasteiger partial charge in [-0.1, -0.05) is 12.1 Å². The first-order chi connectivity index (χ1) is 15.4. The minimum absolute atomic E-state index is 0.0108. The van der Waals surface area contributed by atoms with E-state index in [-0.39, 0.29) is 19.1 Å². The van der Waals surface area contributed by atoms with Crippen LogP contribution in [0.4, 0.5) is 23.0 Å². The molecule has 4 unspecified atom stereocenters. The van der Waals surface area contributed by atoms with Gasteiger partial charge in [0.1, 0.15) is 24.7 Å². The summed E-state index contributed by atoms with van der Waals surface area (Å²) in [7, 11) is 3.87. The van der Waals surface area contributed by atoms with E-state index in [1.807, 2.05) is 0 Å². The minimum atomic E-state index is -3.57. The summed E-state index contributed by atoms with van der Waals surface area (Å²) in [5, 5.41) is 6.09. The Kier molecular flexibility index (Phi) is 5.30. The number of rotatable bonds is 4. The lowest BCUT2D eigenvalue weighted by atomic mass is 10.1. The number of hydrogen-bond donors (Lipinski definition) is 4. The van der Waals surface area contributed by atoms with Crippen LogP contribution in [0.2, 0.25) is 0 Å². The minimum Gasteiger partial charge on any atom is -0.451 e. The largest absolute Gasteiger partial charge is 0.488 e. The van der Waals surface area contributed by atoms with Crippen molar-refractivity contribution in [3.05, 3.63) is 36.2 Å². The number of nitrogen functional groups attached to an aromatic ring is 1. The SMILES string of the molecule is [B][P+]1(O)OCC2OC(N3CNc4c(N)ncnc43)C(OC(=O)c3ccccc3NC)[C@@H]2O1. The highest BCUT2D eigenvalue weighted by molar-refractivity contribution is 7.85. The molecule has 2 aromatic rings. The molecule has 3 aliphatic heterocycles. The standard InChI is InChI=1S/C18H21BN6O6P/c1-21-10-5-3-2-4-9(10)18(26)30-14-13-11(6-28-32(19,27)31-13)29-17(14)25-8-24-12-15(20)22-7-23-16(12)25/h2-5,7,11,13-14,17,21,24,27H,6,8H2,1H3,(H2,20,22,23)/q+1/t11?,13-,14?,17?,32?/m1/s1. The van der Waals surface area contributed by atoms with Crippen LogP contribution in [0.3, 0.4) is 0 Å². The molecule has 0 amide bonds. The fourth-order valence-electron chi connectivity index (χ4n) is 4.02. The molecule has 5 rings (SSSR count). The van der Waals surface area contributed by atoms with Crippen molar-refractivity contribution in [2.75, 3.05) is 41.6 Å². The third-order valence-electron chi connectivity index (χ3n) is 5.50. The number of benzene rings is 1. The Hall–Kier alpha value is -2.70. The van der Waals surface area contributed by atoms with E-state index in [2.05, 4.69) is 20.6 Å². The molecule has 1 aromatic carbocycles. The number of fused-ring (bicyclic) bond motifs is 2. The van der Waals surface area contributed by atoms with Gasteiger partial charge in [0.05, 0.1) is 12.2 Å². The molecule has 12 nitrogen and oxygen atoms in total. The van der Waals surface area contributed by atoms with Crippen molar-refractivity contribution in [3.63, 3.8) is 0 Å². The number of nitrogens with one attached hydrogen (secondary N) is 2. The van der Waals surface area contributed by atoms with E-state index >= 15 is 0 Å². The Morgan fingerprint density at radius 2 is 2.25 bits per heavy atom. The Morgan fingerprint density at radius 1 is 1.44 bits per heavy atom. The van der Waals surface area contributed by atoms with Crippen molar-refractivity contribution in [3.8, 4) is 0 Å². The van der Waals surface area contributed by atoms with E-state index in [9.17, 15) is 9.69 Å². The molecule has 32 heavy (non-hydrogen) atoms. The maximum Gasteiger partial charge on any atom is 0.488 e. The summed E-state index contributed by atoms with van der Waals surface area (Å²) in [5.74, 6) is 0.195. The van der Waals surface area contributed by atoms with Crippen LogP contribution in [0.1, 0.15) is 10.4 Å². The highest BCUT2D eigenvalue weighted by Gasteiger charge is 2.60. The number of aromatic nitrogens is 2. The average molecular weight is 459 g/mol. The van der Waals surface area contributed by atoms with Crippen molar-refractivity contribution in [2.45, 2.75) is 24.5 Å². The Balaban J connectivity index is 1.48. The van der Waals surface area contributed by atoms with Gasteiger partial charge in [0, 0.05) is 12.7 Å². The second kappa shape index (κ2) is 8.02. The van der Waals surface area contributed by atoms with Gasteiger partial charge in [0.25, 0.3) is 0 Å². The molecular weight excluding hydrogens is 438 g/mol. The third-order valence-corrected chi connectivity index (χ3v) is 6.57. The van der Waals surface area contributed by atoms with Crippen molar-refractivity contribution in [1.82, 2.24) is 9.97 Å². The van der Waals surface area contributed by atoms with Gasteiger partial charge >= 0.3 is 21.4 Å². The Labute approximate surface area is 185 Å². The van der Waals surface area contributed by atoms with Crippen molar-refractivity contribution < 1.29 is 28.2 Å². The summed E-state index contributed by atoms with van der Waals surface area (Å²) in [5.41, 5.74) is 7.44. The zero-order valence-electron chi connectivity index (χ0n) is 17.0. The predicted octanol–water partition coefficient (Wildman–Crippen LogP) is 0.494. The van der Waals surface area contributed by atoms with Crippen LogP contribution >= 0.6 is 7.82 Å². The smallest absolute Gasteiger partial charge is 0.451 e. The molecule has 1 aromatic heterocycles. The molecule has 14 heteroatoms. The molecule has 0 spiro atoms. The molecule has 2 fully saturated rings. The molecule has 4 heterocycles. The number of ether oxygens (including phenoxy) is 2. The molecule has 2 saturated heterocycles. The lowest BCUT2D eigenvalue weighted by Gasteiger charge is -2.31. The summed E-state index contributed by atoms with van der Waals surface area (Å²) in [6, 6.07) is 6.95. The number of anilines is 4. The number of hydrogen-bond acceptors (Lipinski definition) is 12. The zero-order valence-corrected chi connectivity index (χ0v) is 17.9. The van der Waals surface area contributed by atoms with Crippen molar-refractivity contribution >= 4 is 44.4 Å². The Morgan fingerprint density at radius 3 is 3.06 bits per heavy atom. The highest BCUT2D eigenvalue weighted by atomic mass is 31.2. The topological polar surface area (TPSA) is 153 Å². The monoisotopic (exact) mass is 459 g/mol. The number of nitrogens with zero attached hydrogens (tertiary/aromatic N) is 3. The fourth-order valence-corrected chi connectivity index (χ4v) is 5.05. The van der Waals surface area contributed by atoms with E-state index in [4.69, 9.17) is 31.8 Å². The van der Waals surface area contributed by atoms with E-state index in [1.165, 1.54) is 6.33 Å². The van der Waals surface area contributed by atoms with E-state index in [1.54, 1.807) is 36.2 Å². The van der Waals surface area contributed by atoms with Gasteiger partial charge in [0.15, 0.2) is 30.1 Å². The highest BCUT2D eigenvalue weighted by Crippen LogP contribution is 2.58. The number of nitrogens with two attached hydrogens (primary N) is 1. The quantitative estimate of drug-likeness (QED) is 0.286. The summed E-state index contributed by atoms with van der Waals surface area (Å²) >= 11 is 0. The molecule has 0 aliphatic carbocycles. The summed E-state index contributed by atoms with van der Waals surface area (Å²) in [4.78, 5) is 33.3. The van der Waals surface area contributed by atoms with Crippen LogP contribution in [0, 0.1) is 0 Å². The normalized spacial score (nSPS) is 30.9.